The van der Waals surface area contributed by atoms with Crippen LogP contribution in [0.1, 0.15) is 5.69 Å². The number of rotatable bonds is 5. The molecule has 0 saturated carbocycles. The number of hydrogen-bond acceptors (Lipinski definition) is 6. The number of hydrogen-bond donors (Lipinski definition) is 0. The number of nitrogens with zero attached hydrogens (tertiary/aromatic N) is 4. The molecule has 0 aliphatic rings. The molecule has 0 fully saturated rings. The van der Waals surface area contributed by atoms with Crippen LogP contribution in [0.25, 0.3) is 27.6 Å². The maximum Gasteiger partial charge on any atom is 0.146 e. The van der Waals surface area contributed by atoms with Crippen molar-refractivity contribution >= 4 is 11.3 Å². The highest BCUT2D eigenvalue weighted by molar-refractivity contribution is 7.13. The summed E-state index contributed by atoms with van der Waals surface area (Å²) in [5, 5.41) is 11.5. The molecule has 0 bridgehead atoms. The zero-order chi connectivity index (χ0) is 18.8. The lowest BCUT2D eigenvalue weighted by molar-refractivity contribution is 0.414. The SMILES string of the molecule is COc1ccc(-c2csc(-c3nnn(-c4ccc(OC)cc4)c3C)n2)cc1. The van der Waals surface area contributed by atoms with Crippen LogP contribution in [-0.4, -0.2) is 34.2 Å². The Labute approximate surface area is 161 Å². The van der Waals surface area contributed by atoms with E-state index in [2.05, 4.69) is 10.3 Å². The number of aromatic nitrogens is 4. The Kier molecular flexibility index (Phi) is 4.60. The molecule has 0 atom stereocenters. The van der Waals surface area contributed by atoms with Crippen LogP contribution in [0.4, 0.5) is 0 Å². The summed E-state index contributed by atoms with van der Waals surface area (Å²) >= 11 is 1.56. The molecule has 0 N–H and O–H groups in total. The van der Waals surface area contributed by atoms with Gasteiger partial charge in [-0.25, -0.2) is 9.67 Å². The topological polar surface area (TPSA) is 62.1 Å². The van der Waals surface area contributed by atoms with Gasteiger partial charge < -0.3 is 9.47 Å². The molecular weight excluding hydrogens is 360 g/mol. The normalized spacial score (nSPS) is 10.8. The van der Waals surface area contributed by atoms with Crippen molar-refractivity contribution in [2.75, 3.05) is 14.2 Å². The molecule has 6 nitrogen and oxygen atoms in total. The van der Waals surface area contributed by atoms with E-state index in [1.165, 1.54) is 0 Å². The molecule has 0 aliphatic carbocycles. The zero-order valence-electron chi connectivity index (χ0n) is 15.2. The molecule has 4 rings (SSSR count). The number of ether oxygens (including phenoxy) is 2. The molecule has 2 aromatic heterocycles. The van der Waals surface area contributed by atoms with Gasteiger partial charge in [0.2, 0.25) is 0 Å². The van der Waals surface area contributed by atoms with E-state index in [9.17, 15) is 0 Å². The first-order valence-electron chi connectivity index (χ1n) is 8.36. The summed E-state index contributed by atoms with van der Waals surface area (Å²) in [7, 11) is 3.31. The second-order valence-electron chi connectivity index (χ2n) is 5.90. The highest BCUT2D eigenvalue weighted by Gasteiger charge is 2.16. The van der Waals surface area contributed by atoms with Crippen LogP contribution in [0.2, 0.25) is 0 Å². The third-order valence-corrected chi connectivity index (χ3v) is 5.15. The Hall–Kier alpha value is -3.19. The highest BCUT2D eigenvalue weighted by Crippen LogP contribution is 2.31. The van der Waals surface area contributed by atoms with Crippen molar-refractivity contribution in [1.29, 1.82) is 0 Å². The first kappa shape index (κ1) is 17.2. The van der Waals surface area contributed by atoms with E-state index < -0.39 is 0 Å². The zero-order valence-corrected chi connectivity index (χ0v) is 16.0. The van der Waals surface area contributed by atoms with E-state index in [0.29, 0.717) is 0 Å². The fourth-order valence-corrected chi connectivity index (χ4v) is 3.64. The monoisotopic (exact) mass is 378 g/mol. The second kappa shape index (κ2) is 7.20. The molecular formula is C20H18N4O2S. The first-order chi connectivity index (χ1) is 13.2. The molecule has 27 heavy (non-hydrogen) atoms. The molecule has 0 radical (unpaired) electrons. The summed E-state index contributed by atoms with van der Waals surface area (Å²) in [5.41, 5.74) is 4.61. The van der Waals surface area contributed by atoms with Gasteiger partial charge >= 0.3 is 0 Å². The smallest absolute Gasteiger partial charge is 0.146 e. The van der Waals surface area contributed by atoms with Crippen molar-refractivity contribution in [1.82, 2.24) is 20.0 Å². The van der Waals surface area contributed by atoms with Crippen LogP contribution >= 0.6 is 11.3 Å². The molecule has 0 spiro atoms. The van der Waals surface area contributed by atoms with Crippen molar-refractivity contribution in [2.45, 2.75) is 6.92 Å². The maximum atomic E-state index is 5.21. The van der Waals surface area contributed by atoms with E-state index in [1.54, 1.807) is 25.6 Å². The van der Waals surface area contributed by atoms with E-state index in [1.807, 2.05) is 65.5 Å². The maximum absolute atomic E-state index is 5.21. The van der Waals surface area contributed by atoms with Gasteiger partial charge in [-0.15, -0.1) is 16.4 Å². The summed E-state index contributed by atoms with van der Waals surface area (Å²) in [4.78, 5) is 4.74. The molecule has 136 valence electrons. The molecule has 7 heteroatoms. The lowest BCUT2D eigenvalue weighted by atomic mass is 10.2. The van der Waals surface area contributed by atoms with E-state index in [-0.39, 0.29) is 0 Å². The molecule has 2 aromatic carbocycles. The van der Waals surface area contributed by atoms with Gasteiger partial charge in [0.15, 0.2) is 0 Å². The van der Waals surface area contributed by atoms with Crippen LogP contribution in [0, 0.1) is 6.92 Å². The van der Waals surface area contributed by atoms with Crippen LogP contribution in [0.5, 0.6) is 11.5 Å². The minimum atomic E-state index is 0.788. The predicted molar refractivity (Wildman–Crippen MR) is 106 cm³/mol. The van der Waals surface area contributed by atoms with Gasteiger partial charge in [-0.2, -0.15) is 0 Å². The van der Waals surface area contributed by atoms with Crippen LogP contribution < -0.4 is 9.47 Å². The summed E-state index contributed by atoms with van der Waals surface area (Å²) in [6.07, 6.45) is 0. The second-order valence-corrected chi connectivity index (χ2v) is 6.76. The van der Waals surface area contributed by atoms with Crippen molar-refractivity contribution in [3.05, 3.63) is 59.6 Å². The van der Waals surface area contributed by atoms with Gasteiger partial charge in [-0.05, 0) is 55.5 Å². The van der Waals surface area contributed by atoms with Gasteiger partial charge in [-0.1, -0.05) is 5.21 Å². The van der Waals surface area contributed by atoms with Gasteiger partial charge in [0.1, 0.15) is 22.2 Å². The van der Waals surface area contributed by atoms with Gasteiger partial charge in [0, 0.05) is 10.9 Å². The summed E-state index contributed by atoms with van der Waals surface area (Å²) < 4.78 is 12.2. The molecule has 4 aromatic rings. The third-order valence-electron chi connectivity index (χ3n) is 4.30. The van der Waals surface area contributed by atoms with Crippen molar-refractivity contribution in [3.63, 3.8) is 0 Å². The van der Waals surface area contributed by atoms with Crippen LogP contribution in [0.15, 0.2) is 53.9 Å². The Morgan fingerprint density at radius 1 is 0.889 bits per heavy atom. The average molecular weight is 378 g/mol. The third kappa shape index (κ3) is 3.29. The summed E-state index contributed by atoms with van der Waals surface area (Å²) in [5.74, 6) is 1.63. The molecule has 0 saturated heterocycles. The Morgan fingerprint density at radius 2 is 1.52 bits per heavy atom. The Bertz CT molecular complexity index is 1050. The lowest BCUT2D eigenvalue weighted by Gasteiger charge is -2.04. The van der Waals surface area contributed by atoms with Crippen molar-refractivity contribution in [3.8, 4) is 39.1 Å². The van der Waals surface area contributed by atoms with Crippen LogP contribution in [0.3, 0.4) is 0 Å². The number of methoxy groups -OCH3 is 2. The van der Waals surface area contributed by atoms with Crippen molar-refractivity contribution in [2.24, 2.45) is 0 Å². The van der Waals surface area contributed by atoms with E-state index in [4.69, 9.17) is 14.5 Å². The standard InChI is InChI=1S/C20H18N4O2S/c1-13-19(22-23-24(13)15-6-10-17(26-3)11-7-15)20-21-18(12-27-20)14-4-8-16(25-2)9-5-14/h4-12H,1-3H3. The predicted octanol–water partition coefficient (Wildman–Crippen LogP) is 4.38. The lowest BCUT2D eigenvalue weighted by Crippen LogP contribution is -1.99. The fourth-order valence-electron chi connectivity index (χ4n) is 2.77. The van der Waals surface area contributed by atoms with Gasteiger partial charge in [0.05, 0.1) is 31.3 Å². The fraction of sp³-hybridized carbons (Fsp3) is 0.150. The Morgan fingerprint density at radius 3 is 2.15 bits per heavy atom. The van der Waals surface area contributed by atoms with E-state index >= 15 is 0 Å². The Balaban J connectivity index is 1.64. The molecule has 2 heterocycles. The van der Waals surface area contributed by atoms with Gasteiger partial charge in [0.25, 0.3) is 0 Å². The first-order valence-corrected chi connectivity index (χ1v) is 9.24. The summed E-state index contributed by atoms with van der Waals surface area (Å²) in [6, 6.07) is 15.6. The number of thiazole rings is 1. The van der Waals surface area contributed by atoms with Crippen LogP contribution in [-0.2, 0) is 0 Å². The largest absolute Gasteiger partial charge is 0.497 e. The highest BCUT2D eigenvalue weighted by atomic mass is 32.1. The minimum Gasteiger partial charge on any atom is -0.497 e. The molecule has 0 aliphatic heterocycles. The average Bonchev–Trinajstić information content (AvgIpc) is 3.35. The molecule has 0 unspecified atom stereocenters. The number of benzene rings is 2. The quantitative estimate of drug-likeness (QED) is 0.516. The summed E-state index contributed by atoms with van der Waals surface area (Å²) in [6.45, 7) is 1.99. The van der Waals surface area contributed by atoms with Crippen molar-refractivity contribution < 1.29 is 9.47 Å². The molecule has 0 amide bonds. The van der Waals surface area contributed by atoms with Gasteiger partial charge in [-0.3, -0.25) is 0 Å². The van der Waals surface area contributed by atoms with E-state index in [0.717, 1.165) is 44.8 Å². The minimum absolute atomic E-state index is 0.788.